The third-order valence-corrected chi connectivity index (χ3v) is 6.50. The van der Waals surface area contributed by atoms with Gasteiger partial charge in [0.25, 0.3) is 5.91 Å². The molecule has 0 aromatic heterocycles. The van der Waals surface area contributed by atoms with Crippen LogP contribution >= 0.6 is 11.6 Å². The molecule has 1 heterocycles. The second kappa shape index (κ2) is 10.5. The highest BCUT2D eigenvalue weighted by Gasteiger charge is 2.29. The smallest absolute Gasteiger partial charge is 0.260 e. The molecule has 3 rings (SSSR count). The van der Waals surface area contributed by atoms with Crippen LogP contribution in [0.4, 0.5) is 0 Å². The van der Waals surface area contributed by atoms with Crippen molar-refractivity contribution in [2.45, 2.75) is 58.9 Å². The largest absolute Gasteiger partial charge is 0.483 e. The summed E-state index contributed by atoms with van der Waals surface area (Å²) >= 11 is 5.98. The van der Waals surface area contributed by atoms with Crippen molar-refractivity contribution >= 4 is 23.8 Å². The summed E-state index contributed by atoms with van der Waals surface area (Å²) in [4.78, 5) is 28.9. The molecule has 0 aliphatic carbocycles. The maximum Gasteiger partial charge on any atom is 0.260 e. The summed E-state index contributed by atoms with van der Waals surface area (Å²) in [5.74, 6) is 0.714. The van der Waals surface area contributed by atoms with Crippen molar-refractivity contribution in [3.8, 4) is 5.75 Å². The van der Waals surface area contributed by atoms with Crippen molar-refractivity contribution in [3.63, 3.8) is 0 Å². The first kappa shape index (κ1) is 26.2. The van der Waals surface area contributed by atoms with Crippen LogP contribution in [0.15, 0.2) is 36.4 Å². The molecule has 0 bridgehead atoms. The number of hydrogen-bond donors (Lipinski definition) is 0. The van der Waals surface area contributed by atoms with Gasteiger partial charge in [-0.15, -0.1) is 0 Å². The lowest BCUT2D eigenvalue weighted by atomic mass is 9.78. The minimum absolute atomic E-state index is 0.00896. The van der Waals surface area contributed by atoms with Crippen LogP contribution in [0.2, 0.25) is 5.02 Å². The lowest BCUT2D eigenvalue weighted by Gasteiger charge is -2.35. The Balaban J connectivity index is 1.67. The van der Waals surface area contributed by atoms with Crippen LogP contribution in [0.1, 0.15) is 68.6 Å². The average molecular weight is 485 g/mol. The van der Waals surface area contributed by atoms with Gasteiger partial charge in [-0.2, -0.15) is 0 Å². The number of nitrogens with zero attached hydrogens (tertiary/aromatic N) is 2. The van der Waals surface area contributed by atoms with Crippen molar-refractivity contribution in [3.05, 3.63) is 63.7 Å². The number of ether oxygens (including phenoxy) is 1. The van der Waals surface area contributed by atoms with Gasteiger partial charge in [-0.1, -0.05) is 65.3 Å². The fourth-order valence-electron chi connectivity index (χ4n) is 4.22. The van der Waals surface area contributed by atoms with Gasteiger partial charge < -0.3 is 9.64 Å². The molecular weight excluding hydrogens is 448 g/mol. The Labute approximate surface area is 209 Å². The highest BCUT2D eigenvalue weighted by molar-refractivity contribution is 6.30. The Morgan fingerprint density at radius 3 is 1.94 bits per heavy atom. The molecule has 0 spiro atoms. The number of halogens is 1. The van der Waals surface area contributed by atoms with Gasteiger partial charge in [-0.05, 0) is 40.7 Å². The van der Waals surface area contributed by atoms with E-state index in [1.54, 1.807) is 0 Å². The summed E-state index contributed by atoms with van der Waals surface area (Å²) in [7, 11) is 0. The van der Waals surface area contributed by atoms with Gasteiger partial charge in [0.15, 0.2) is 6.61 Å². The molecule has 2 aromatic carbocycles. The van der Waals surface area contributed by atoms with Gasteiger partial charge in [0.1, 0.15) is 12.0 Å². The van der Waals surface area contributed by atoms with E-state index in [9.17, 15) is 9.59 Å². The lowest BCUT2D eigenvalue weighted by Crippen LogP contribution is -2.49. The summed E-state index contributed by atoms with van der Waals surface area (Å²) in [5.41, 5.74) is 3.28. The SMILES string of the molecule is CC(C)(C)c1cc(C=O)cc(C(C)(C)C)c1OCC(=O)N1CCN(Cc2ccc(Cl)cc2)CC1. The van der Waals surface area contributed by atoms with Crippen molar-refractivity contribution in [1.82, 2.24) is 9.80 Å². The Morgan fingerprint density at radius 1 is 0.941 bits per heavy atom. The summed E-state index contributed by atoms with van der Waals surface area (Å²) in [5, 5.41) is 0.740. The predicted octanol–water partition coefficient (Wildman–Crippen LogP) is 5.47. The molecule has 6 heteroatoms. The number of aldehydes is 1. The van der Waals surface area contributed by atoms with Crippen molar-refractivity contribution in [2.24, 2.45) is 0 Å². The number of carbonyl (C=O) groups excluding carboxylic acids is 2. The second-order valence-corrected chi connectivity index (χ2v) is 11.6. The standard InChI is InChI=1S/C28H37ClN2O3/c1-27(2,3)23-15-21(18-32)16-24(28(4,5)6)26(23)34-19-25(33)31-13-11-30(12-14-31)17-20-7-9-22(29)10-8-20/h7-10,15-16,18H,11-14,17,19H2,1-6H3. The van der Waals surface area contributed by atoms with E-state index in [2.05, 4.69) is 46.4 Å². The molecule has 0 atom stereocenters. The molecule has 2 aromatic rings. The number of benzene rings is 2. The molecule has 1 saturated heterocycles. The number of hydrogen-bond acceptors (Lipinski definition) is 4. The molecule has 1 aliphatic heterocycles. The molecule has 1 fully saturated rings. The summed E-state index contributed by atoms with van der Waals surface area (Å²) in [6, 6.07) is 11.7. The van der Waals surface area contributed by atoms with Crippen LogP contribution in [0, 0.1) is 0 Å². The van der Waals surface area contributed by atoms with Gasteiger partial charge >= 0.3 is 0 Å². The third-order valence-electron chi connectivity index (χ3n) is 6.25. The zero-order valence-corrected chi connectivity index (χ0v) is 22.0. The molecule has 0 N–H and O–H groups in total. The Kier molecular flexibility index (Phi) is 8.10. The highest BCUT2D eigenvalue weighted by atomic mass is 35.5. The van der Waals surface area contributed by atoms with E-state index in [4.69, 9.17) is 16.3 Å². The summed E-state index contributed by atoms with van der Waals surface area (Å²) < 4.78 is 6.24. The Hall–Kier alpha value is -2.37. The number of rotatable bonds is 6. The van der Waals surface area contributed by atoms with E-state index in [-0.39, 0.29) is 23.3 Å². The topological polar surface area (TPSA) is 49.9 Å². The first-order valence-electron chi connectivity index (χ1n) is 11.9. The zero-order valence-electron chi connectivity index (χ0n) is 21.3. The molecule has 1 aliphatic rings. The van der Waals surface area contributed by atoms with Crippen LogP contribution in [0.5, 0.6) is 5.75 Å². The number of amides is 1. The highest BCUT2D eigenvalue weighted by Crippen LogP contribution is 2.40. The van der Waals surface area contributed by atoms with Crippen LogP contribution < -0.4 is 4.74 Å². The molecule has 0 radical (unpaired) electrons. The molecular formula is C28H37ClN2O3. The van der Waals surface area contributed by atoms with Crippen molar-refractivity contribution < 1.29 is 14.3 Å². The maximum atomic E-state index is 13.0. The quantitative estimate of drug-likeness (QED) is 0.510. The third kappa shape index (κ3) is 6.61. The average Bonchev–Trinajstić information content (AvgIpc) is 2.77. The summed E-state index contributed by atoms with van der Waals surface area (Å²) in [6.07, 6.45) is 0.878. The monoisotopic (exact) mass is 484 g/mol. The molecule has 0 unspecified atom stereocenters. The first-order chi connectivity index (χ1) is 15.9. The van der Waals surface area contributed by atoms with E-state index in [1.807, 2.05) is 41.3 Å². The van der Waals surface area contributed by atoms with Gasteiger partial charge in [-0.3, -0.25) is 14.5 Å². The van der Waals surface area contributed by atoms with Crippen LogP contribution in [0.25, 0.3) is 0 Å². The van der Waals surface area contributed by atoms with E-state index in [0.717, 1.165) is 47.8 Å². The fourth-order valence-corrected chi connectivity index (χ4v) is 4.34. The lowest BCUT2D eigenvalue weighted by molar-refractivity contribution is -0.135. The van der Waals surface area contributed by atoms with E-state index in [0.29, 0.717) is 18.7 Å². The van der Waals surface area contributed by atoms with Crippen LogP contribution in [-0.2, 0) is 22.2 Å². The molecule has 34 heavy (non-hydrogen) atoms. The fraction of sp³-hybridized carbons (Fsp3) is 0.500. The van der Waals surface area contributed by atoms with E-state index >= 15 is 0 Å². The zero-order chi connectivity index (χ0) is 25.1. The molecule has 1 amide bonds. The molecule has 184 valence electrons. The second-order valence-electron chi connectivity index (χ2n) is 11.1. The maximum absolute atomic E-state index is 13.0. The van der Waals surface area contributed by atoms with Gasteiger partial charge in [0.05, 0.1) is 0 Å². The Bertz CT molecular complexity index is 976. The van der Waals surface area contributed by atoms with E-state index in [1.165, 1.54) is 5.56 Å². The van der Waals surface area contributed by atoms with E-state index < -0.39 is 0 Å². The number of piperazine rings is 1. The van der Waals surface area contributed by atoms with Crippen LogP contribution in [-0.4, -0.2) is 54.8 Å². The Morgan fingerprint density at radius 2 is 1.47 bits per heavy atom. The summed E-state index contributed by atoms with van der Waals surface area (Å²) in [6.45, 7) is 16.4. The van der Waals surface area contributed by atoms with Crippen molar-refractivity contribution in [1.29, 1.82) is 0 Å². The van der Waals surface area contributed by atoms with Crippen molar-refractivity contribution in [2.75, 3.05) is 32.8 Å². The van der Waals surface area contributed by atoms with Gasteiger partial charge in [0.2, 0.25) is 0 Å². The van der Waals surface area contributed by atoms with Gasteiger partial charge in [0, 0.05) is 54.4 Å². The normalized spacial score (nSPS) is 15.3. The predicted molar refractivity (Wildman–Crippen MR) is 138 cm³/mol. The molecule has 5 nitrogen and oxygen atoms in total. The van der Waals surface area contributed by atoms with Crippen LogP contribution in [0.3, 0.4) is 0 Å². The minimum Gasteiger partial charge on any atom is -0.483 e. The minimum atomic E-state index is -0.231. The molecule has 0 saturated carbocycles. The van der Waals surface area contributed by atoms with Gasteiger partial charge in [-0.25, -0.2) is 0 Å². The first-order valence-corrected chi connectivity index (χ1v) is 12.3. The number of carbonyl (C=O) groups is 2.